The Hall–Kier alpha value is -1.09. The standard InChI is InChI=1S/C9H8BrNO/c10-9-3-1-8(2-4-9)5-6-11-7-12/h1-7H,(H,11,12)/b6-5+. The summed E-state index contributed by atoms with van der Waals surface area (Å²) in [5, 5.41) is 2.44. The number of nitrogens with one attached hydrogen (secondary N) is 1. The third-order valence-electron chi connectivity index (χ3n) is 1.31. The lowest BCUT2D eigenvalue weighted by Gasteiger charge is -1.92. The molecule has 0 unspecified atom stereocenters. The Labute approximate surface area is 79.4 Å². The van der Waals surface area contributed by atoms with Gasteiger partial charge in [0.1, 0.15) is 0 Å². The van der Waals surface area contributed by atoms with Crippen LogP contribution < -0.4 is 5.32 Å². The molecule has 12 heavy (non-hydrogen) atoms. The zero-order valence-corrected chi connectivity index (χ0v) is 7.91. The van der Waals surface area contributed by atoms with E-state index in [1.54, 1.807) is 6.20 Å². The summed E-state index contributed by atoms with van der Waals surface area (Å²) in [4.78, 5) is 9.88. The highest BCUT2D eigenvalue weighted by Gasteiger charge is 1.85. The van der Waals surface area contributed by atoms with Crippen molar-refractivity contribution in [1.82, 2.24) is 5.32 Å². The van der Waals surface area contributed by atoms with Crippen LogP contribution in [0.25, 0.3) is 6.08 Å². The Morgan fingerprint density at radius 1 is 1.25 bits per heavy atom. The second kappa shape index (κ2) is 4.72. The van der Waals surface area contributed by atoms with Crippen LogP contribution in [0.5, 0.6) is 0 Å². The van der Waals surface area contributed by atoms with Gasteiger partial charge in [0.25, 0.3) is 0 Å². The topological polar surface area (TPSA) is 29.1 Å². The van der Waals surface area contributed by atoms with E-state index in [2.05, 4.69) is 21.2 Å². The third-order valence-corrected chi connectivity index (χ3v) is 1.84. The molecule has 1 amide bonds. The second-order valence-electron chi connectivity index (χ2n) is 2.17. The normalized spacial score (nSPS) is 10.1. The summed E-state index contributed by atoms with van der Waals surface area (Å²) < 4.78 is 1.04. The van der Waals surface area contributed by atoms with Gasteiger partial charge < -0.3 is 5.32 Å². The van der Waals surface area contributed by atoms with E-state index in [1.165, 1.54) is 0 Å². The zero-order valence-electron chi connectivity index (χ0n) is 6.33. The van der Waals surface area contributed by atoms with Gasteiger partial charge in [0.2, 0.25) is 6.41 Å². The van der Waals surface area contributed by atoms with Crippen molar-refractivity contribution in [2.24, 2.45) is 0 Å². The molecule has 0 aliphatic carbocycles. The summed E-state index contributed by atoms with van der Waals surface area (Å²) >= 11 is 3.33. The smallest absolute Gasteiger partial charge is 0.211 e. The molecule has 1 aromatic rings. The molecule has 0 saturated heterocycles. The Bertz CT molecular complexity index is 279. The number of halogens is 1. The van der Waals surface area contributed by atoms with Crippen molar-refractivity contribution in [3.8, 4) is 0 Å². The average Bonchev–Trinajstić information content (AvgIpc) is 2.09. The Kier molecular flexibility index (Phi) is 3.54. The molecule has 0 radical (unpaired) electrons. The van der Waals surface area contributed by atoms with Crippen LogP contribution in [-0.4, -0.2) is 6.41 Å². The van der Waals surface area contributed by atoms with Crippen molar-refractivity contribution in [3.05, 3.63) is 40.5 Å². The molecule has 0 saturated carbocycles. The first-order chi connectivity index (χ1) is 5.83. The largest absolute Gasteiger partial charge is 0.335 e. The SMILES string of the molecule is O=CN/C=C/c1ccc(Br)cc1. The summed E-state index contributed by atoms with van der Waals surface area (Å²) in [6, 6.07) is 7.79. The van der Waals surface area contributed by atoms with Crippen molar-refractivity contribution in [3.63, 3.8) is 0 Å². The first kappa shape index (κ1) is 9.00. The van der Waals surface area contributed by atoms with Crippen LogP contribution in [0.3, 0.4) is 0 Å². The molecule has 1 N–H and O–H groups in total. The molecule has 0 fully saturated rings. The second-order valence-corrected chi connectivity index (χ2v) is 3.09. The highest BCUT2D eigenvalue weighted by Crippen LogP contribution is 2.10. The zero-order chi connectivity index (χ0) is 8.81. The van der Waals surface area contributed by atoms with Crippen LogP contribution in [0.2, 0.25) is 0 Å². The predicted molar refractivity (Wildman–Crippen MR) is 52.4 cm³/mol. The highest BCUT2D eigenvalue weighted by molar-refractivity contribution is 9.10. The highest BCUT2D eigenvalue weighted by atomic mass is 79.9. The van der Waals surface area contributed by atoms with Gasteiger partial charge >= 0.3 is 0 Å². The van der Waals surface area contributed by atoms with Crippen molar-refractivity contribution < 1.29 is 4.79 Å². The van der Waals surface area contributed by atoms with E-state index < -0.39 is 0 Å². The Morgan fingerprint density at radius 2 is 1.92 bits per heavy atom. The Balaban J connectivity index is 2.64. The first-order valence-corrected chi connectivity index (χ1v) is 4.24. The maximum absolute atomic E-state index is 9.88. The summed E-state index contributed by atoms with van der Waals surface area (Å²) in [7, 11) is 0. The van der Waals surface area contributed by atoms with Crippen LogP contribution in [0.1, 0.15) is 5.56 Å². The van der Waals surface area contributed by atoms with Gasteiger partial charge in [-0.2, -0.15) is 0 Å². The molecule has 62 valence electrons. The monoisotopic (exact) mass is 225 g/mol. The maximum Gasteiger partial charge on any atom is 0.211 e. The lowest BCUT2D eigenvalue weighted by atomic mass is 10.2. The van der Waals surface area contributed by atoms with Crippen LogP contribution >= 0.6 is 15.9 Å². The average molecular weight is 226 g/mol. The van der Waals surface area contributed by atoms with E-state index in [-0.39, 0.29) is 0 Å². The number of carbonyl (C=O) groups is 1. The van der Waals surface area contributed by atoms with Gasteiger partial charge in [-0.1, -0.05) is 28.1 Å². The molecular weight excluding hydrogens is 218 g/mol. The van der Waals surface area contributed by atoms with E-state index in [9.17, 15) is 4.79 Å². The molecular formula is C9H8BrNO. The van der Waals surface area contributed by atoms with Crippen LogP contribution in [0.4, 0.5) is 0 Å². The predicted octanol–water partition coefficient (Wildman–Crippen LogP) is 2.17. The number of rotatable bonds is 3. The quantitative estimate of drug-likeness (QED) is 0.786. The minimum absolute atomic E-state index is 0.634. The van der Waals surface area contributed by atoms with Crippen molar-refractivity contribution >= 4 is 28.4 Å². The maximum atomic E-state index is 9.88. The van der Waals surface area contributed by atoms with E-state index in [1.807, 2.05) is 30.3 Å². The van der Waals surface area contributed by atoms with Gasteiger partial charge in [0.15, 0.2) is 0 Å². The number of benzene rings is 1. The van der Waals surface area contributed by atoms with Crippen LogP contribution in [0.15, 0.2) is 34.9 Å². The fourth-order valence-electron chi connectivity index (χ4n) is 0.758. The lowest BCUT2D eigenvalue weighted by molar-refractivity contribution is -0.108. The van der Waals surface area contributed by atoms with Gasteiger partial charge in [-0.25, -0.2) is 0 Å². The molecule has 0 aliphatic rings. The summed E-state index contributed by atoms with van der Waals surface area (Å²) in [6.45, 7) is 0. The first-order valence-electron chi connectivity index (χ1n) is 3.45. The number of hydrogen-bond donors (Lipinski definition) is 1. The molecule has 0 aliphatic heterocycles. The van der Waals surface area contributed by atoms with Crippen LogP contribution in [0, 0.1) is 0 Å². The molecule has 1 aromatic carbocycles. The van der Waals surface area contributed by atoms with Gasteiger partial charge in [0, 0.05) is 10.7 Å². The number of hydrogen-bond acceptors (Lipinski definition) is 1. The van der Waals surface area contributed by atoms with E-state index in [0.29, 0.717) is 6.41 Å². The third kappa shape index (κ3) is 2.88. The molecule has 0 heterocycles. The van der Waals surface area contributed by atoms with E-state index >= 15 is 0 Å². The minimum atomic E-state index is 0.634. The molecule has 0 aromatic heterocycles. The van der Waals surface area contributed by atoms with Crippen molar-refractivity contribution in [2.45, 2.75) is 0 Å². The van der Waals surface area contributed by atoms with Gasteiger partial charge in [0.05, 0.1) is 0 Å². The molecule has 0 atom stereocenters. The van der Waals surface area contributed by atoms with E-state index in [0.717, 1.165) is 10.0 Å². The summed E-state index contributed by atoms with van der Waals surface area (Å²) in [6.07, 6.45) is 4.05. The van der Waals surface area contributed by atoms with Gasteiger partial charge in [-0.3, -0.25) is 4.79 Å². The molecule has 3 heteroatoms. The van der Waals surface area contributed by atoms with Gasteiger partial charge in [-0.15, -0.1) is 0 Å². The lowest BCUT2D eigenvalue weighted by Crippen LogP contribution is -1.97. The van der Waals surface area contributed by atoms with Crippen molar-refractivity contribution in [2.75, 3.05) is 0 Å². The molecule has 0 spiro atoms. The van der Waals surface area contributed by atoms with E-state index in [4.69, 9.17) is 0 Å². The van der Waals surface area contributed by atoms with Gasteiger partial charge in [-0.05, 0) is 23.8 Å². The number of carbonyl (C=O) groups excluding carboxylic acids is 1. The minimum Gasteiger partial charge on any atom is -0.335 e. The molecule has 1 rings (SSSR count). The fraction of sp³-hybridized carbons (Fsp3) is 0. The van der Waals surface area contributed by atoms with Crippen molar-refractivity contribution in [1.29, 1.82) is 0 Å². The molecule has 2 nitrogen and oxygen atoms in total. The Morgan fingerprint density at radius 3 is 2.50 bits per heavy atom. The summed E-state index contributed by atoms with van der Waals surface area (Å²) in [5.74, 6) is 0. The molecule has 0 bridgehead atoms. The number of amides is 1. The van der Waals surface area contributed by atoms with Crippen LogP contribution in [-0.2, 0) is 4.79 Å². The summed E-state index contributed by atoms with van der Waals surface area (Å²) in [5.41, 5.74) is 1.05. The fourth-order valence-corrected chi connectivity index (χ4v) is 1.02.